The van der Waals surface area contributed by atoms with Crippen LogP contribution in [-0.2, 0) is 6.42 Å². The number of hydrogen-bond donors (Lipinski definition) is 3. The van der Waals surface area contributed by atoms with Crippen molar-refractivity contribution in [2.24, 2.45) is 0 Å². The van der Waals surface area contributed by atoms with E-state index in [4.69, 9.17) is 4.74 Å². The molecular formula is C20H21N5O3. The van der Waals surface area contributed by atoms with Gasteiger partial charge in [0, 0.05) is 35.7 Å². The van der Waals surface area contributed by atoms with E-state index < -0.39 is 0 Å². The molecule has 4 rings (SSSR count). The van der Waals surface area contributed by atoms with Gasteiger partial charge in [0.15, 0.2) is 0 Å². The van der Waals surface area contributed by atoms with Gasteiger partial charge in [0.05, 0.1) is 18.3 Å². The normalized spacial score (nSPS) is 15.6. The predicted molar refractivity (Wildman–Crippen MR) is 105 cm³/mol. The number of nitrogens with one attached hydrogen (secondary N) is 3. The molecule has 0 saturated heterocycles. The number of anilines is 1. The molecule has 1 aliphatic rings. The molecule has 0 fully saturated rings. The summed E-state index contributed by atoms with van der Waals surface area (Å²) in [6.45, 7) is 4.10. The summed E-state index contributed by atoms with van der Waals surface area (Å²) in [4.78, 5) is 38.6. The van der Waals surface area contributed by atoms with Crippen molar-refractivity contribution < 1.29 is 4.74 Å². The highest BCUT2D eigenvalue weighted by molar-refractivity contribution is 5.42. The van der Waals surface area contributed by atoms with E-state index >= 15 is 0 Å². The third kappa shape index (κ3) is 3.66. The molecule has 8 heteroatoms. The highest BCUT2D eigenvalue weighted by Crippen LogP contribution is 2.33. The minimum Gasteiger partial charge on any atom is -0.493 e. The molecule has 3 aromatic rings. The van der Waals surface area contributed by atoms with E-state index in [2.05, 4.69) is 25.3 Å². The van der Waals surface area contributed by atoms with Crippen molar-refractivity contribution in [1.29, 1.82) is 0 Å². The number of fused-ring (bicyclic) bond motifs is 1. The molecule has 3 N–H and O–H groups in total. The largest absolute Gasteiger partial charge is 0.493 e. The van der Waals surface area contributed by atoms with Crippen molar-refractivity contribution in [2.75, 3.05) is 11.9 Å². The van der Waals surface area contributed by atoms with Crippen LogP contribution in [0.2, 0.25) is 0 Å². The van der Waals surface area contributed by atoms with Crippen molar-refractivity contribution in [1.82, 2.24) is 19.9 Å². The van der Waals surface area contributed by atoms with E-state index in [9.17, 15) is 9.59 Å². The molecule has 1 unspecified atom stereocenters. The summed E-state index contributed by atoms with van der Waals surface area (Å²) in [5.74, 6) is 1.77. The van der Waals surface area contributed by atoms with Crippen LogP contribution in [0, 0.1) is 13.8 Å². The van der Waals surface area contributed by atoms with Crippen LogP contribution in [0.4, 0.5) is 5.95 Å². The Morgan fingerprint density at radius 2 is 2.00 bits per heavy atom. The molecule has 0 radical (unpaired) electrons. The lowest BCUT2D eigenvalue weighted by Gasteiger charge is -2.26. The number of para-hydroxylation sites is 1. The van der Waals surface area contributed by atoms with Crippen LogP contribution in [0.25, 0.3) is 0 Å². The molecule has 3 heterocycles. The first-order valence-corrected chi connectivity index (χ1v) is 9.14. The van der Waals surface area contributed by atoms with Crippen LogP contribution in [0.1, 0.15) is 40.8 Å². The summed E-state index contributed by atoms with van der Waals surface area (Å²) in [6.07, 6.45) is 0.989. The second-order valence-corrected chi connectivity index (χ2v) is 6.85. The number of H-pyrrole nitrogens is 2. The topological polar surface area (TPSA) is 113 Å². The van der Waals surface area contributed by atoms with E-state index in [1.165, 1.54) is 6.07 Å². The molecule has 144 valence electrons. The van der Waals surface area contributed by atoms with Gasteiger partial charge in [-0.2, -0.15) is 0 Å². The van der Waals surface area contributed by atoms with Gasteiger partial charge in [-0.05, 0) is 19.9 Å². The van der Waals surface area contributed by atoms with Gasteiger partial charge in [-0.25, -0.2) is 9.97 Å². The lowest BCUT2D eigenvalue weighted by atomic mass is 10.0. The minimum absolute atomic E-state index is 0.0190. The Balaban J connectivity index is 1.62. The summed E-state index contributed by atoms with van der Waals surface area (Å²) in [6, 6.07) is 9.19. The van der Waals surface area contributed by atoms with Gasteiger partial charge in [-0.15, -0.1) is 0 Å². The summed E-state index contributed by atoms with van der Waals surface area (Å²) in [5, 5.41) is 3.29. The van der Waals surface area contributed by atoms with Gasteiger partial charge in [0.2, 0.25) is 5.95 Å². The van der Waals surface area contributed by atoms with E-state index in [0.717, 1.165) is 17.7 Å². The Morgan fingerprint density at radius 1 is 1.18 bits per heavy atom. The molecule has 1 aromatic carbocycles. The van der Waals surface area contributed by atoms with Gasteiger partial charge in [0.25, 0.3) is 11.1 Å². The van der Waals surface area contributed by atoms with Gasteiger partial charge < -0.3 is 15.0 Å². The van der Waals surface area contributed by atoms with Crippen LogP contribution in [0.3, 0.4) is 0 Å². The molecule has 0 aliphatic carbocycles. The maximum atomic E-state index is 12.3. The average Bonchev–Trinajstić information content (AvgIpc) is 2.64. The Hall–Kier alpha value is -3.42. The SMILES string of the molecule is Cc1nc(C)c(Cc2cc(=O)[nH]c(NC3CCOc4ccccc43)n2)c(=O)[nH]1. The van der Waals surface area contributed by atoms with Crippen LogP contribution in [0.5, 0.6) is 5.75 Å². The fourth-order valence-electron chi connectivity index (χ4n) is 3.46. The van der Waals surface area contributed by atoms with Gasteiger partial charge >= 0.3 is 0 Å². The molecular weight excluding hydrogens is 358 g/mol. The first-order chi connectivity index (χ1) is 13.5. The zero-order valence-corrected chi connectivity index (χ0v) is 15.7. The number of benzene rings is 1. The number of aromatic amines is 2. The van der Waals surface area contributed by atoms with Crippen molar-refractivity contribution in [3.05, 3.63) is 79.4 Å². The zero-order valence-electron chi connectivity index (χ0n) is 15.7. The fraction of sp³-hybridized carbons (Fsp3) is 0.300. The molecule has 28 heavy (non-hydrogen) atoms. The standard InChI is InChI=1S/C20H21N5O3/c1-11-15(19(27)22-12(2)21-11)9-13-10-18(26)25-20(23-13)24-16-7-8-28-17-6-4-3-5-14(16)17/h3-6,10,16H,7-9H2,1-2H3,(H,21,22,27)(H2,23,24,25,26). The molecule has 0 amide bonds. The van der Waals surface area contributed by atoms with Crippen molar-refractivity contribution in [2.45, 2.75) is 32.7 Å². The first kappa shape index (κ1) is 18.0. The van der Waals surface area contributed by atoms with Crippen molar-refractivity contribution in [3.8, 4) is 5.75 Å². The van der Waals surface area contributed by atoms with E-state index in [1.54, 1.807) is 13.8 Å². The Morgan fingerprint density at radius 3 is 2.82 bits per heavy atom. The summed E-state index contributed by atoms with van der Waals surface area (Å²) < 4.78 is 5.68. The number of ether oxygens (including phenoxy) is 1. The first-order valence-electron chi connectivity index (χ1n) is 9.14. The Labute approximate surface area is 161 Å². The smallest absolute Gasteiger partial charge is 0.254 e. The maximum absolute atomic E-state index is 12.3. The van der Waals surface area contributed by atoms with Crippen molar-refractivity contribution >= 4 is 5.95 Å². The van der Waals surface area contributed by atoms with Gasteiger partial charge in [-0.1, -0.05) is 18.2 Å². The lowest BCUT2D eigenvalue weighted by molar-refractivity contribution is 0.274. The van der Waals surface area contributed by atoms with Crippen LogP contribution in [-0.4, -0.2) is 26.5 Å². The molecule has 1 atom stereocenters. The second-order valence-electron chi connectivity index (χ2n) is 6.85. The van der Waals surface area contributed by atoms with Crippen molar-refractivity contribution in [3.63, 3.8) is 0 Å². The molecule has 1 aliphatic heterocycles. The number of hydrogen-bond acceptors (Lipinski definition) is 6. The Kier molecular flexibility index (Phi) is 4.68. The number of rotatable bonds is 4. The number of aryl methyl sites for hydroxylation is 2. The monoisotopic (exact) mass is 379 g/mol. The molecule has 8 nitrogen and oxygen atoms in total. The zero-order chi connectivity index (χ0) is 19.7. The number of nitrogens with zero attached hydrogens (tertiary/aromatic N) is 2. The van der Waals surface area contributed by atoms with Crippen LogP contribution >= 0.6 is 0 Å². The highest BCUT2D eigenvalue weighted by Gasteiger charge is 2.21. The predicted octanol–water partition coefficient (Wildman–Crippen LogP) is 2.00. The summed E-state index contributed by atoms with van der Waals surface area (Å²) in [7, 11) is 0. The van der Waals surface area contributed by atoms with Crippen LogP contribution in [0.15, 0.2) is 39.9 Å². The second kappa shape index (κ2) is 7.30. The van der Waals surface area contributed by atoms with E-state index in [1.807, 2.05) is 24.3 Å². The third-order valence-electron chi connectivity index (χ3n) is 4.76. The van der Waals surface area contributed by atoms with Gasteiger partial charge in [-0.3, -0.25) is 14.6 Å². The third-order valence-corrected chi connectivity index (χ3v) is 4.76. The summed E-state index contributed by atoms with van der Waals surface area (Å²) >= 11 is 0. The quantitative estimate of drug-likeness (QED) is 0.639. The number of aromatic nitrogens is 4. The van der Waals surface area contributed by atoms with Crippen LogP contribution < -0.4 is 21.2 Å². The summed E-state index contributed by atoms with van der Waals surface area (Å²) in [5.41, 5.74) is 2.19. The highest BCUT2D eigenvalue weighted by atomic mass is 16.5. The molecule has 2 aromatic heterocycles. The Bertz CT molecular complexity index is 1140. The molecule has 0 saturated carbocycles. The molecule has 0 spiro atoms. The fourth-order valence-corrected chi connectivity index (χ4v) is 3.46. The van der Waals surface area contributed by atoms with E-state index in [-0.39, 0.29) is 23.6 Å². The average molecular weight is 379 g/mol. The minimum atomic E-state index is -0.276. The maximum Gasteiger partial charge on any atom is 0.254 e. The molecule has 0 bridgehead atoms. The lowest BCUT2D eigenvalue weighted by Crippen LogP contribution is -2.24. The van der Waals surface area contributed by atoms with E-state index in [0.29, 0.717) is 35.3 Å². The van der Waals surface area contributed by atoms with Gasteiger partial charge in [0.1, 0.15) is 11.6 Å².